The molecular formula is C19H30N4O. The number of hydrogen-bond acceptors (Lipinski definition) is 5. The fourth-order valence-electron chi connectivity index (χ4n) is 4.10. The highest BCUT2D eigenvalue weighted by molar-refractivity contribution is 5.81. The van der Waals surface area contributed by atoms with Crippen molar-refractivity contribution in [2.45, 2.75) is 51.8 Å². The summed E-state index contributed by atoms with van der Waals surface area (Å²) in [7, 11) is 0. The minimum atomic E-state index is 0.328. The van der Waals surface area contributed by atoms with Gasteiger partial charge in [-0.25, -0.2) is 0 Å². The van der Waals surface area contributed by atoms with Crippen LogP contribution in [0.4, 0.5) is 0 Å². The number of hydrogen-bond donors (Lipinski definition) is 1. The second-order valence-electron chi connectivity index (χ2n) is 8.05. The van der Waals surface area contributed by atoms with Gasteiger partial charge in [-0.2, -0.15) is 0 Å². The van der Waals surface area contributed by atoms with Crippen LogP contribution in [0.3, 0.4) is 0 Å². The number of nitrogens with zero attached hydrogens (tertiary/aromatic N) is 3. The summed E-state index contributed by atoms with van der Waals surface area (Å²) >= 11 is 0. The van der Waals surface area contributed by atoms with Crippen LogP contribution in [0.5, 0.6) is 0 Å². The number of allylic oxidation sites excluding steroid dienone is 1. The molecule has 3 aliphatic heterocycles. The van der Waals surface area contributed by atoms with Gasteiger partial charge in [0.2, 0.25) is 0 Å². The number of rotatable bonds is 6. The second-order valence-corrected chi connectivity index (χ2v) is 8.05. The summed E-state index contributed by atoms with van der Waals surface area (Å²) in [5, 5.41) is 3.45. The van der Waals surface area contributed by atoms with Gasteiger partial charge in [0, 0.05) is 50.6 Å². The van der Waals surface area contributed by atoms with E-state index in [1.165, 1.54) is 37.1 Å². The molecule has 0 amide bonds. The monoisotopic (exact) mass is 330 g/mol. The molecule has 1 unspecified atom stereocenters. The molecule has 0 bridgehead atoms. The number of ether oxygens (including phenoxy) is 1. The largest absolute Gasteiger partial charge is 0.375 e. The molecule has 24 heavy (non-hydrogen) atoms. The van der Waals surface area contributed by atoms with Gasteiger partial charge in [-0.3, -0.25) is 9.89 Å². The Labute approximate surface area is 145 Å². The first-order chi connectivity index (χ1) is 11.7. The standard InChI is InChI=1S/C19H30N4O/c1-14(2)13-24-18-11-22(12-18)9-16-10-23-17(7-20-16)8-21-19(23)15-5-3-4-6-15/h7-8,10,14-15,18-20H,3-6,9,11-13H2,1-2H3. The van der Waals surface area contributed by atoms with Gasteiger partial charge in [0.15, 0.2) is 0 Å². The summed E-state index contributed by atoms with van der Waals surface area (Å²) in [6.07, 6.45) is 12.6. The first-order valence-electron chi connectivity index (χ1n) is 9.52. The van der Waals surface area contributed by atoms with Crippen molar-refractivity contribution in [1.82, 2.24) is 15.1 Å². The van der Waals surface area contributed by atoms with Gasteiger partial charge in [-0.05, 0) is 24.7 Å². The third-order valence-corrected chi connectivity index (χ3v) is 5.45. The summed E-state index contributed by atoms with van der Waals surface area (Å²) < 4.78 is 5.89. The minimum absolute atomic E-state index is 0.328. The Bertz CT molecular complexity index is 542. The van der Waals surface area contributed by atoms with E-state index in [1.807, 2.05) is 6.21 Å². The Morgan fingerprint density at radius 3 is 2.83 bits per heavy atom. The highest BCUT2D eigenvalue weighted by Gasteiger charge is 2.35. The average Bonchev–Trinajstić information content (AvgIpc) is 3.17. The lowest BCUT2D eigenvalue weighted by atomic mass is 10.0. The molecule has 4 rings (SSSR count). The molecule has 1 saturated heterocycles. The molecule has 5 heteroatoms. The van der Waals surface area contributed by atoms with E-state index in [9.17, 15) is 0 Å². The summed E-state index contributed by atoms with van der Waals surface area (Å²) in [5.74, 6) is 1.34. The topological polar surface area (TPSA) is 40.1 Å². The van der Waals surface area contributed by atoms with Crippen molar-refractivity contribution < 1.29 is 4.74 Å². The van der Waals surface area contributed by atoms with Crippen molar-refractivity contribution in [2.75, 3.05) is 26.2 Å². The van der Waals surface area contributed by atoms with Gasteiger partial charge >= 0.3 is 0 Å². The van der Waals surface area contributed by atoms with Crippen LogP contribution in [0.2, 0.25) is 0 Å². The fourth-order valence-corrected chi connectivity index (χ4v) is 4.10. The zero-order valence-corrected chi connectivity index (χ0v) is 14.9. The third kappa shape index (κ3) is 3.38. The first kappa shape index (κ1) is 16.2. The molecule has 0 spiro atoms. The van der Waals surface area contributed by atoms with E-state index in [1.54, 1.807) is 0 Å². The predicted molar refractivity (Wildman–Crippen MR) is 96.4 cm³/mol. The van der Waals surface area contributed by atoms with E-state index in [0.717, 1.165) is 32.2 Å². The van der Waals surface area contributed by atoms with Gasteiger partial charge in [0.05, 0.1) is 11.8 Å². The van der Waals surface area contributed by atoms with Gasteiger partial charge in [-0.15, -0.1) is 0 Å². The van der Waals surface area contributed by atoms with E-state index in [0.29, 0.717) is 18.2 Å². The maximum atomic E-state index is 5.89. The number of fused-ring (bicyclic) bond motifs is 1. The molecule has 5 nitrogen and oxygen atoms in total. The van der Waals surface area contributed by atoms with Crippen molar-refractivity contribution in [1.29, 1.82) is 0 Å². The van der Waals surface area contributed by atoms with Gasteiger partial charge in [-0.1, -0.05) is 26.7 Å². The van der Waals surface area contributed by atoms with E-state index in [-0.39, 0.29) is 0 Å². The Balaban J connectivity index is 1.29. The lowest BCUT2D eigenvalue weighted by Gasteiger charge is -2.40. The first-order valence-corrected chi connectivity index (χ1v) is 9.52. The molecular weight excluding hydrogens is 300 g/mol. The smallest absolute Gasteiger partial charge is 0.128 e. The van der Waals surface area contributed by atoms with Crippen LogP contribution in [0.25, 0.3) is 0 Å². The quantitative estimate of drug-likeness (QED) is 0.812. The molecule has 1 saturated carbocycles. The Morgan fingerprint density at radius 2 is 2.08 bits per heavy atom. The summed E-state index contributed by atoms with van der Waals surface area (Å²) in [4.78, 5) is 9.61. The molecule has 0 aromatic carbocycles. The van der Waals surface area contributed by atoms with Crippen LogP contribution in [-0.2, 0) is 4.74 Å². The van der Waals surface area contributed by atoms with Crippen LogP contribution in [0.1, 0.15) is 39.5 Å². The van der Waals surface area contributed by atoms with E-state index < -0.39 is 0 Å². The molecule has 2 fully saturated rings. The van der Waals surface area contributed by atoms with Crippen LogP contribution in [-0.4, -0.2) is 54.5 Å². The van der Waals surface area contributed by atoms with E-state index >= 15 is 0 Å². The molecule has 1 atom stereocenters. The zero-order valence-electron chi connectivity index (χ0n) is 14.9. The molecule has 4 aliphatic rings. The van der Waals surface area contributed by atoms with Crippen molar-refractivity contribution >= 4 is 6.21 Å². The SMILES string of the molecule is CC(C)COC1CN(CC2=CN3C(=CN2)C=NC3C2CCCC2)C1. The van der Waals surface area contributed by atoms with E-state index in [2.05, 4.69) is 41.4 Å². The highest BCUT2D eigenvalue weighted by atomic mass is 16.5. The molecule has 0 aromatic rings. The third-order valence-electron chi connectivity index (χ3n) is 5.45. The Morgan fingerprint density at radius 1 is 1.29 bits per heavy atom. The van der Waals surface area contributed by atoms with Crippen molar-refractivity contribution in [3.8, 4) is 0 Å². The molecule has 3 heterocycles. The molecule has 0 aromatic heterocycles. The van der Waals surface area contributed by atoms with Crippen molar-refractivity contribution in [2.24, 2.45) is 16.8 Å². The number of aliphatic imine (C=N–C) groups is 1. The summed E-state index contributed by atoms with van der Waals surface area (Å²) in [6, 6.07) is 0. The van der Waals surface area contributed by atoms with E-state index in [4.69, 9.17) is 9.73 Å². The molecule has 0 radical (unpaired) electrons. The van der Waals surface area contributed by atoms with Gasteiger partial charge in [0.25, 0.3) is 0 Å². The molecule has 1 N–H and O–H groups in total. The Kier molecular flexibility index (Phi) is 4.63. The summed E-state index contributed by atoms with van der Waals surface area (Å²) in [5.41, 5.74) is 2.48. The summed E-state index contributed by atoms with van der Waals surface area (Å²) in [6.45, 7) is 8.35. The number of likely N-dealkylation sites (tertiary alicyclic amines) is 1. The molecule has 1 aliphatic carbocycles. The lowest BCUT2D eigenvalue weighted by molar-refractivity contribution is -0.0593. The second kappa shape index (κ2) is 6.89. The maximum Gasteiger partial charge on any atom is 0.128 e. The Hall–Kier alpha value is -1.33. The van der Waals surface area contributed by atoms with Crippen LogP contribution in [0.15, 0.2) is 28.8 Å². The lowest BCUT2D eigenvalue weighted by Crippen LogP contribution is -2.53. The molecule has 132 valence electrons. The van der Waals surface area contributed by atoms with Crippen molar-refractivity contribution in [3.05, 3.63) is 23.8 Å². The predicted octanol–water partition coefficient (Wildman–Crippen LogP) is 2.53. The average molecular weight is 330 g/mol. The van der Waals surface area contributed by atoms with Crippen molar-refractivity contribution in [3.63, 3.8) is 0 Å². The van der Waals surface area contributed by atoms with Crippen LogP contribution >= 0.6 is 0 Å². The van der Waals surface area contributed by atoms with Crippen LogP contribution < -0.4 is 5.32 Å². The van der Waals surface area contributed by atoms with Gasteiger partial charge < -0.3 is 15.0 Å². The normalized spacial score (nSPS) is 28.0. The minimum Gasteiger partial charge on any atom is -0.375 e. The van der Waals surface area contributed by atoms with Crippen LogP contribution in [0, 0.1) is 11.8 Å². The highest BCUT2D eigenvalue weighted by Crippen LogP contribution is 2.35. The number of nitrogens with one attached hydrogen (secondary N) is 1. The zero-order chi connectivity index (χ0) is 16.5. The fraction of sp³-hybridized carbons (Fsp3) is 0.737. The maximum absolute atomic E-state index is 5.89. The van der Waals surface area contributed by atoms with Gasteiger partial charge in [0.1, 0.15) is 6.17 Å².